The number of piperidine rings is 1. The van der Waals surface area contributed by atoms with Gasteiger partial charge < -0.3 is 4.90 Å². The molecule has 0 unspecified atom stereocenters. The molecule has 0 spiro atoms. The van der Waals surface area contributed by atoms with Crippen molar-refractivity contribution < 1.29 is 0 Å². The fourth-order valence-corrected chi connectivity index (χ4v) is 3.22. The molecular formula is C16H19BrN2. The molecule has 2 aromatic rings. The highest BCUT2D eigenvalue weighted by Gasteiger charge is 2.18. The minimum Gasteiger partial charge on any atom is -0.357 e. The van der Waals surface area contributed by atoms with Crippen LogP contribution in [0.25, 0.3) is 10.9 Å². The molecule has 2 nitrogen and oxygen atoms in total. The van der Waals surface area contributed by atoms with E-state index in [9.17, 15) is 0 Å². The van der Waals surface area contributed by atoms with Crippen molar-refractivity contribution >= 4 is 32.7 Å². The third-order valence-corrected chi connectivity index (χ3v) is 4.73. The van der Waals surface area contributed by atoms with Crippen LogP contribution in [0.4, 0.5) is 5.82 Å². The molecule has 0 amide bonds. The second-order valence-electron chi connectivity index (χ2n) is 5.60. The largest absolute Gasteiger partial charge is 0.357 e. The minimum absolute atomic E-state index is 0.851. The van der Waals surface area contributed by atoms with Gasteiger partial charge in [0.25, 0.3) is 0 Å². The SMILES string of the molecule is Cc1cc(N2CCC(C)CC2)nc2c(Br)cccc12. The van der Waals surface area contributed by atoms with Crippen LogP contribution in [-0.2, 0) is 0 Å². The molecule has 2 heterocycles. The van der Waals surface area contributed by atoms with Crippen LogP contribution in [0.5, 0.6) is 0 Å². The van der Waals surface area contributed by atoms with E-state index in [1.165, 1.54) is 23.8 Å². The van der Waals surface area contributed by atoms with Crippen LogP contribution in [0.3, 0.4) is 0 Å². The molecule has 0 radical (unpaired) electrons. The van der Waals surface area contributed by atoms with Crippen LogP contribution in [-0.4, -0.2) is 18.1 Å². The van der Waals surface area contributed by atoms with Gasteiger partial charge in [-0.2, -0.15) is 0 Å². The van der Waals surface area contributed by atoms with Crippen molar-refractivity contribution in [3.8, 4) is 0 Å². The Kier molecular flexibility index (Phi) is 3.48. The van der Waals surface area contributed by atoms with Gasteiger partial charge in [-0.25, -0.2) is 4.98 Å². The molecule has 0 aliphatic carbocycles. The van der Waals surface area contributed by atoms with Gasteiger partial charge in [0.15, 0.2) is 0 Å². The van der Waals surface area contributed by atoms with E-state index in [1.807, 2.05) is 0 Å². The van der Waals surface area contributed by atoms with Crippen molar-refractivity contribution in [2.45, 2.75) is 26.7 Å². The number of fused-ring (bicyclic) bond motifs is 1. The zero-order chi connectivity index (χ0) is 13.4. The highest BCUT2D eigenvalue weighted by atomic mass is 79.9. The number of hydrogen-bond acceptors (Lipinski definition) is 2. The zero-order valence-electron chi connectivity index (χ0n) is 11.5. The number of nitrogens with zero attached hydrogens (tertiary/aromatic N) is 2. The topological polar surface area (TPSA) is 16.1 Å². The molecule has 0 N–H and O–H groups in total. The second kappa shape index (κ2) is 5.12. The Labute approximate surface area is 123 Å². The van der Waals surface area contributed by atoms with E-state index in [4.69, 9.17) is 4.98 Å². The molecule has 1 aromatic carbocycles. The van der Waals surface area contributed by atoms with Crippen LogP contribution in [0.1, 0.15) is 25.3 Å². The van der Waals surface area contributed by atoms with Gasteiger partial charge in [0, 0.05) is 22.9 Å². The lowest BCUT2D eigenvalue weighted by Gasteiger charge is -2.31. The molecule has 3 heteroatoms. The predicted octanol–water partition coefficient (Wildman–Crippen LogP) is 4.54. The Bertz CT molecular complexity index is 601. The second-order valence-corrected chi connectivity index (χ2v) is 6.46. The highest BCUT2D eigenvalue weighted by Crippen LogP contribution is 2.29. The van der Waals surface area contributed by atoms with Gasteiger partial charge in [0.05, 0.1) is 5.52 Å². The number of para-hydroxylation sites is 1. The lowest BCUT2D eigenvalue weighted by Crippen LogP contribution is -2.33. The predicted molar refractivity (Wildman–Crippen MR) is 84.8 cm³/mol. The van der Waals surface area contributed by atoms with Gasteiger partial charge in [0.1, 0.15) is 5.82 Å². The number of benzene rings is 1. The first-order chi connectivity index (χ1) is 9.15. The molecule has 1 aliphatic heterocycles. The summed E-state index contributed by atoms with van der Waals surface area (Å²) >= 11 is 3.62. The summed E-state index contributed by atoms with van der Waals surface area (Å²) in [6.07, 6.45) is 2.55. The fourth-order valence-electron chi connectivity index (χ4n) is 2.77. The smallest absolute Gasteiger partial charge is 0.129 e. The summed E-state index contributed by atoms with van der Waals surface area (Å²) in [5.74, 6) is 1.98. The summed E-state index contributed by atoms with van der Waals surface area (Å²) in [7, 11) is 0. The van der Waals surface area contributed by atoms with Gasteiger partial charge in [-0.3, -0.25) is 0 Å². The van der Waals surface area contributed by atoms with Crippen molar-refractivity contribution in [2.75, 3.05) is 18.0 Å². The number of hydrogen-bond donors (Lipinski definition) is 0. The van der Waals surface area contributed by atoms with E-state index < -0.39 is 0 Å². The average molecular weight is 319 g/mol. The lowest BCUT2D eigenvalue weighted by molar-refractivity contribution is 0.437. The maximum absolute atomic E-state index is 4.86. The maximum Gasteiger partial charge on any atom is 0.129 e. The number of aromatic nitrogens is 1. The highest BCUT2D eigenvalue weighted by molar-refractivity contribution is 9.10. The summed E-state index contributed by atoms with van der Waals surface area (Å²) in [6, 6.07) is 8.51. The van der Waals surface area contributed by atoms with Crippen molar-refractivity contribution in [3.63, 3.8) is 0 Å². The van der Waals surface area contributed by atoms with Crippen LogP contribution >= 0.6 is 15.9 Å². The number of halogens is 1. The molecule has 100 valence electrons. The zero-order valence-corrected chi connectivity index (χ0v) is 13.1. The van der Waals surface area contributed by atoms with E-state index in [1.54, 1.807) is 0 Å². The summed E-state index contributed by atoms with van der Waals surface area (Å²) < 4.78 is 1.08. The van der Waals surface area contributed by atoms with Crippen LogP contribution in [0, 0.1) is 12.8 Å². The molecule has 1 aromatic heterocycles. The first kappa shape index (κ1) is 12.9. The fraction of sp³-hybridized carbons (Fsp3) is 0.438. The van der Waals surface area contributed by atoms with Crippen LogP contribution < -0.4 is 4.90 Å². The molecule has 1 aliphatic rings. The Morgan fingerprint density at radius 3 is 2.74 bits per heavy atom. The molecule has 0 bridgehead atoms. The summed E-state index contributed by atoms with van der Waals surface area (Å²) in [6.45, 7) is 6.77. The lowest BCUT2D eigenvalue weighted by atomic mass is 9.99. The summed E-state index contributed by atoms with van der Waals surface area (Å²) in [5.41, 5.74) is 2.39. The minimum atomic E-state index is 0.851. The van der Waals surface area contributed by atoms with Gasteiger partial charge in [-0.05, 0) is 59.3 Å². The van der Waals surface area contributed by atoms with Crippen LogP contribution in [0.15, 0.2) is 28.7 Å². The monoisotopic (exact) mass is 318 g/mol. The third-order valence-electron chi connectivity index (χ3n) is 4.09. The molecule has 3 rings (SSSR count). The first-order valence-electron chi connectivity index (χ1n) is 6.96. The normalized spacial score (nSPS) is 17.1. The number of aryl methyl sites for hydroxylation is 1. The molecule has 0 atom stereocenters. The quantitative estimate of drug-likeness (QED) is 0.767. The van der Waals surface area contributed by atoms with Crippen molar-refractivity contribution in [3.05, 3.63) is 34.3 Å². The number of anilines is 1. The Morgan fingerprint density at radius 2 is 2.00 bits per heavy atom. The van der Waals surface area contributed by atoms with Gasteiger partial charge in [-0.15, -0.1) is 0 Å². The summed E-state index contributed by atoms with van der Waals surface area (Å²) in [5, 5.41) is 1.24. The Morgan fingerprint density at radius 1 is 1.26 bits per heavy atom. The van der Waals surface area contributed by atoms with E-state index in [2.05, 4.69) is 58.9 Å². The van der Waals surface area contributed by atoms with Gasteiger partial charge >= 0.3 is 0 Å². The molecule has 19 heavy (non-hydrogen) atoms. The van der Waals surface area contributed by atoms with Gasteiger partial charge in [0.2, 0.25) is 0 Å². The molecule has 0 saturated carbocycles. The number of rotatable bonds is 1. The Hall–Kier alpha value is -1.09. The van der Waals surface area contributed by atoms with Crippen LogP contribution in [0.2, 0.25) is 0 Å². The van der Waals surface area contributed by atoms with E-state index in [-0.39, 0.29) is 0 Å². The molecule has 1 saturated heterocycles. The number of pyridine rings is 1. The first-order valence-corrected chi connectivity index (χ1v) is 7.75. The van der Waals surface area contributed by atoms with E-state index in [0.29, 0.717) is 0 Å². The Balaban J connectivity index is 2.03. The van der Waals surface area contributed by atoms with Gasteiger partial charge in [-0.1, -0.05) is 19.1 Å². The van der Waals surface area contributed by atoms with Crippen molar-refractivity contribution in [1.82, 2.24) is 4.98 Å². The summed E-state index contributed by atoms with van der Waals surface area (Å²) in [4.78, 5) is 7.29. The molecular weight excluding hydrogens is 300 g/mol. The maximum atomic E-state index is 4.86. The standard InChI is InChI=1S/C16H19BrN2/c1-11-6-8-19(9-7-11)15-10-12(2)13-4-3-5-14(17)16(13)18-15/h3-5,10-11H,6-9H2,1-2H3. The average Bonchev–Trinajstić information content (AvgIpc) is 2.41. The molecule has 1 fully saturated rings. The van der Waals surface area contributed by atoms with E-state index >= 15 is 0 Å². The van der Waals surface area contributed by atoms with E-state index in [0.717, 1.165) is 34.8 Å². The van der Waals surface area contributed by atoms with Crippen molar-refractivity contribution in [2.24, 2.45) is 5.92 Å². The van der Waals surface area contributed by atoms with Crippen molar-refractivity contribution in [1.29, 1.82) is 0 Å². The third kappa shape index (κ3) is 2.48.